The summed E-state index contributed by atoms with van der Waals surface area (Å²) in [5.74, 6) is -1.54. The van der Waals surface area contributed by atoms with E-state index in [0.717, 1.165) is 0 Å². The van der Waals surface area contributed by atoms with Crippen LogP contribution in [0.3, 0.4) is 0 Å². The van der Waals surface area contributed by atoms with Crippen LogP contribution in [0.25, 0.3) is 0 Å². The molecule has 2 aromatic heterocycles. The number of amides is 7. The Hall–Kier alpha value is -4.90. The van der Waals surface area contributed by atoms with Gasteiger partial charge in [0, 0.05) is 28.1 Å². The van der Waals surface area contributed by atoms with Crippen molar-refractivity contribution in [3.05, 3.63) is 0 Å². The van der Waals surface area contributed by atoms with Crippen molar-refractivity contribution >= 4 is 59.7 Å². The molecule has 0 aliphatic heterocycles. The predicted molar refractivity (Wildman–Crippen MR) is 112 cm³/mol. The first-order valence-corrected chi connectivity index (χ1v) is 8.75. The minimum Gasteiger partial charge on any atom is -0.357 e. The number of hydrogen-bond acceptors (Lipinski definition) is 11. The first kappa shape index (κ1) is 23.4. The van der Waals surface area contributed by atoms with Gasteiger partial charge in [-0.25, -0.2) is 14.4 Å². The highest BCUT2D eigenvalue weighted by Crippen LogP contribution is 2.12. The second-order valence-electron chi connectivity index (χ2n) is 5.53. The summed E-state index contributed by atoms with van der Waals surface area (Å²) in [7, 11) is 4.30. The van der Waals surface area contributed by atoms with Crippen molar-refractivity contribution in [1.29, 1.82) is 0 Å². The van der Waals surface area contributed by atoms with Gasteiger partial charge in [-0.15, -0.1) is 0 Å². The molecule has 32 heavy (non-hydrogen) atoms. The van der Waals surface area contributed by atoms with Gasteiger partial charge in [-0.1, -0.05) is 0 Å². The molecule has 8 N–H and O–H groups in total. The van der Waals surface area contributed by atoms with Gasteiger partial charge in [0.15, 0.2) is 0 Å². The zero-order valence-electron chi connectivity index (χ0n) is 17.3. The molecule has 18 heteroatoms. The highest BCUT2D eigenvalue weighted by atomic mass is 16.2. The maximum absolute atomic E-state index is 12.4. The van der Waals surface area contributed by atoms with Gasteiger partial charge in [0.2, 0.25) is 41.6 Å². The summed E-state index contributed by atoms with van der Waals surface area (Å²) in [4.78, 5) is 69.9. The van der Waals surface area contributed by atoms with Crippen LogP contribution < -0.4 is 42.5 Å². The Labute approximate surface area is 180 Å². The molecule has 7 amide bonds. The van der Waals surface area contributed by atoms with Crippen LogP contribution in [-0.2, 0) is 4.79 Å². The first-order chi connectivity index (χ1) is 15.2. The monoisotopic (exact) mass is 448 g/mol. The van der Waals surface area contributed by atoms with E-state index in [1.54, 1.807) is 0 Å². The average Bonchev–Trinajstić information content (AvgIpc) is 2.72. The topological polar surface area (TPSA) is 242 Å². The zero-order chi connectivity index (χ0) is 23.7. The zero-order valence-corrected chi connectivity index (χ0v) is 17.3. The number of hydrogen-bond donors (Lipinski definition) is 8. The number of rotatable bonds is 6. The second kappa shape index (κ2) is 10.8. The Morgan fingerprint density at radius 3 is 1.12 bits per heavy atom. The molecule has 2 rings (SSSR count). The molecule has 0 aliphatic carbocycles. The van der Waals surface area contributed by atoms with Gasteiger partial charge in [0.25, 0.3) is 0 Å². The number of nitrogens with zero attached hydrogens (tertiary/aromatic N) is 6. The van der Waals surface area contributed by atoms with Crippen LogP contribution in [0.15, 0.2) is 0 Å². The van der Waals surface area contributed by atoms with Gasteiger partial charge in [0.1, 0.15) is 0 Å². The van der Waals surface area contributed by atoms with E-state index < -0.39 is 24.0 Å². The Morgan fingerprint density at radius 2 is 0.812 bits per heavy atom. The summed E-state index contributed by atoms with van der Waals surface area (Å²) in [5, 5.41) is 18.8. The molecule has 0 saturated heterocycles. The molecule has 170 valence electrons. The van der Waals surface area contributed by atoms with E-state index in [0.29, 0.717) is 0 Å². The number of nitrogens with one attached hydrogen (secondary N) is 8. The van der Waals surface area contributed by atoms with Crippen molar-refractivity contribution in [2.45, 2.75) is 6.92 Å². The van der Waals surface area contributed by atoms with Crippen molar-refractivity contribution < 1.29 is 19.2 Å². The van der Waals surface area contributed by atoms with Gasteiger partial charge >= 0.3 is 18.1 Å². The lowest BCUT2D eigenvalue weighted by atomic mass is 10.7. The van der Waals surface area contributed by atoms with Crippen molar-refractivity contribution in [2.75, 3.05) is 53.0 Å². The first-order valence-electron chi connectivity index (χ1n) is 8.75. The standard InChI is InChI=1S/C14H20N14O4/c1-5(29)18-7-21-10(26-13(31)17-4)24-11(22-7)28-14(32)27-9-20-6(15-2)19-8(23-9)25-12(30)16-3/h1-4H3,(H8,15,16,17,18,19,20,21,22,23,24,25,26,27,28,29,30,31,32). The molecule has 0 fully saturated rings. The smallest absolute Gasteiger partial charge is 0.328 e. The van der Waals surface area contributed by atoms with E-state index in [4.69, 9.17) is 0 Å². The van der Waals surface area contributed by atoms with Crippen LogP contribution in [0.4, 0.5) is 50.1 Å². The fourth-order valence-electron chi connectivity index (χ4n) is 1.86. The number of anilines is 6. The third-order valence-corrected chi connectivity index (χ3v) is 3.14. The van der Waals surface area contributed by atoms with E-state index in [-0.39, 0.29) is 35.7 Å². The van der Waals surface area contributed by atoms with E-state index in [1.165, 1.54) is 28.1 Å². The Bertz CT molecular complexity index is 1030. The fraction of sp³-hybridized carbons (Fsp3) is 0.286. The normalized spacial score (nSPS) is 9.75. The molecule has 2 heterocycles. The van der Waals surface area contributed by atoms with E-state index in [2.05, 4.69) is 72.4 Å². The predicted octanol–water partition coefficient (Wildman–Crippen LogP) is -0.797. The van der Waals surface area contributed by atoms with Crippen LogP contribution in [0.5, 0.6) is 0 Å². The Kier molecular flexibility index (Phi) is 7.86. The largest absolute Gasteiger partial charge is 0.357 e. The molecule has 0 aliphatic rings. The van der Waals surface area contributed by atoms with Gasteiger partial charge < -0.3 is 16.0 Å². The van der Waals surface area contributed by atoms with Crippen LogP contribution in [-0.4, -0.2) is 75.0 Å². The van der Waals surface area contributed by atoms with Crippen LogP contribution in [0.1, 0.15) is 6.92 Å². The summed E-state index contributed by atoms with van der Waals surface area (Å²) < 4.78 is 0. The van der Waals surface area contributed by atoms with Gasteiger partial charge in [-0.3, -0.25) is 31.4 Å². The number of aromatic nitrogens is 6. The molecule has 0 aromatic carbocycles. The van der Waals surface area contributed by atoms with Gasteiger partial charge in [-0.05, 0) is 0 Å². The second-order valence-corrected chi connectivity index (χ2v) is 5.53. The molecule has 0 spiro atoms. The summed E-state index contributed by atoms with van der Waals surface area (Å²) in [5.41, 5.74) is 0. The maximum Gasteiger partial charge on any atom is 0.328 e. The summed E-state index contributed by atoms with van der Waals surface area (Å²) in [6, 6.07) is -2.10. The van der Waals surface area contributed by atoms with E-state index in [1.807, 2.05) is 0 Å². The van der Waals surface area contributed by atoms with Crippen LogP contribution >= 0.6 is 0 Å². The van der Waals surface area contributed by atoms with Crippen molar-refractivity contribution in [2.24, 2.45) is 0 Å². The lowest BCUT2D eigenvalue weighted by molar-refractivity contribution is -0.114. The minimum absolute atomic E-state index is 0.0619. The average molecular weight is 448 g/mol. The highest BCUT2D eigenvalue weighted by molar-refractivity contribution is 5.98. The molecule has 0 unspecified atom stereocenters. The summed E-state index contributed by atoms with van der Waals surface area (Å²) in [6.07, 6.45) is 0. The fourth-order valence-corrected chi connectivity index (χ4v) is 1.86. The van der Waals surface area contributed by atoms with Crippen molar-refractivity contribution in [3.8, 4) is 0 Å². The number of carbonyl (C=O) groups excluding carboxylic acids is 4. The molecular weight excluding hydrogens is 428 g/mol. The number of carbonyl (C=O) groups is 4. The lowest BCUT2D eigenvalue weighted by Gasteiger charge is -2.10. The van der Waals surface area contributed by atoms with E-state index >= 15 is 0 Å². The van der Waals surface area contributed by atoms with E-state index in [9.17, 15) is 19.2 Å². The quantitative estimate of drug-likeness (QED) is 0.272. The SMILES string of the molecule is CNC(=O)Nc1nc(NC)nc(NC(=O)Nc2nc(NC(C)=O)nc(NC(=O)NC)n2)n1. The maximum atomic E-state index is 12.4. The molecule has 0 radical (unpaired) electrons. The minimum atomic E-state index is -0.880. The molecule has 18 nitrogen and oxygen atoms in total. The summed E-state index contributed by atoms with van der Waals surface area (Å²) >= 11 is 0. The highest BCUT2D eigenvalue weighted by Gasteiger charge is 2.15. The van der Waals surface area contributed by atoms with Gasteiger partial charge in [0.05, 0.1) is 0 Å². The Morgan fingerprint density at radius 1 is 0.500 bits per heavy atom. The van der Waals surface area contributed by atoms with Crippen molar-refractivity contribution in [3.63, 3.8) is 0 Å². The lowest BCUT2D eigenvalue weighted by Crippen LogP contribution is -2.28. The van der Waals surface area contributed by atoms with Crippen molar-refractivity contribution in [1.82, 2.24) is 40.5 Å². The summed E-state index contributed by atoms with van der Waals surface area (Å²) in [6.45, 7) is 1.22. The van der Waals surface area contributed by atoms with Crippen LogP contribution in [0, 0.1) is 0 Å². The molecule has 0 atom stereocenters. The van der Waals surface area contributed by atoms with Crippen LogP contribution in [0.2, 0.25) is 0 Å². The third kappa shape index (κ3) is 7.17. The molecule has 0 saturated carbocycles. The molecule has 2 aromatic rings. The van der Waals surface area contributed by atoms with Gasteiger partial charge in [-0.2, -0.15) is 29.9 Å². The molecule has 0 bridgehead atoms. The molecular formula is C14H20N14O4. The third-order valence-electron chi connectivity index (χ3n) is 3.14. The Balaban J connectivity index is 2.21. The number of urea groups is 3.